The van der Waals surface area contributed by atoms with Gasteiger partial charge in [0.15, 0.2) is 5.17 Å². The minimum atomic E-state index is 0.0562. The second-order valence-corrected chi connectivity index (χ2v) is 5.15. The molecule has 0 spiro atoms. The van der Waals surface area contributed by atoms with E-state index in [0.29, 0.717) is 12.3 Å². The van der Waals surface area contributed by atoms with E-state index in [-0.39, 0.29) is 5.91 Å². The van der Waals surface area contributed by atoms with Crippen LogP contribution in [0.5, 0.6) is 0 Å². The second-order valence-electron chi connectivity index (χ2n) is 3.18. The number of carbonyl (C=O) groups is 1. The molecule has 1 amide bonds. The normalized spacial score (nSPS) is 18.5. The third-order valence-corrected chi connectivity index (χ3v) is 4.03. The number of aliphatic imine (C=N–C) groups is 1. The Bertz CT molecular complexity index is 398. The molecule has 1 aliphatic heterocycles. The van der Waals surface area contributed by atoms with E-state index in [0.717, 1.165) is 11.6 Å². The third kappa shape index (κ3) is 2.60. The Morgan fingerprint density at radius 3 is 3.13 bits per heavy atom. The quantitative estimate of drug-likeness (QED) is 0.878. The fourth-order valence-corrected chi connectivity index (χ4v) is 2.96. The molecule has 0 saturated carbocycles. The maximum atomic E-state index is 10.9. The zero-order chi connectivity index (χ0) is 10.7. The fourth-order valence-electron chi connectivity index (χ4n) is 1.37. The maximum absolute atomic E-state index is 10.9. The number of carbonyl (C=O) groups excluding carboxylic acids is 1. The number of thioether (sulfide) groups is 1. The molecule has 0 radical (unpaired) electrons. The van der Waals surface area contributed by atoms with E-state index in [1.807, 2.05) is 0 Å². The first-order valence-corrected chi connectivity index (χ1v) is 6.68. The van der Waals surface area contributed by atoms with Gasteiger partial charge in [-0.05, 0) is 23.4 Å². The van der Waals surface area contributed by atoms with Crippen LogP contribution in [0.15, 0.2) is 16.4 Å². The Hall–Kier alpha value is -0.810. The standard InChI is InChI=1S/C10H12N2OS2/c1-2-7-3-4-14-8(7)5-11-10-12-9(13)6-15-10/h3-4H,2,5-6H2,1H3,(H,11,12,13). The summed E-state index contributed by atoms with van der Waals surface area (Å²) in [6.45, 7) is 2.83. The summed E-state index contributed by atoms with van der Waals surface area (Å²) >= 11 is 3.21. The van der Waals surface area contributed by atoms with E-state index in [9.17, 15) is 4.79 Å². The summed E-state index contributed by atoms with van der Waals surface area (Å²) in [6, 6.07) is 2.14. The number of nitrogens with zero attached hydrogens (tertiary/aromatic N) is 1. The van der Waals surface area contributed by atoms with E-state index in [2.05, 4.69) is 28.7 Å². The van der Waals surface area contributed by atoms with Crippen molar-refractivity contribution < 1.29 is 4.79 Å². The lowest BCUT2D eigenvalue weighted by Gasteiger charge is -1.98. The van der Waals surface area contributed by atoms with Gasteiger partial charge < -0.3 is 5.32 Å². The lowest BCUT2D eigenvalue weighted by atomic mass is 10.2. The summed E-state index contributed by atoms with van der Waals surface area (Å²) < 4.78 is 0. The number of amides is 1. The zero-order valence-electron chi connectivity index (χ0n) is 8.45. The van der Waals surface area contributed by atoms with Crippen LogP contribution in [0, 0.1) is 0 Å². The molecular formula is C10H12N2OS2. The van der Waals surface area contributed by atoms with Gasteiger partial charge >= 0.3 is 0 Å². The summed E-state index contributed by atoms with van der Waals surface area (Å²) in [5.41, 5.74) is 1.36. The van der Waals surface area contributed by atoms with Gasteiger partial charge in [0.1, 0.15) is 0 Å². The monoisotopic (exact) mass is 240 g/mol. The summed E-state index contributed by atoms with van der Waals surface area (Å²) in [7, 11) is 0. The van der Waals surface area contributed by atoms with Gasteiger partial charge in [-0.15, -0.1) is 11.3 Å². The van der Waals surface area contributed by atoms with E-state index in [1.54, 1.807) is 11.3 Å². The first kappa shape index (κ1) is 10.7. The van der Waals surface area contributed by atoms with E-state index < -0.39 is 0 Å². The van der Waals surface area contributed by atoms with Crippen LogP contribution in [0.1, 0.15) is 17.4 Å². The highest BCUT2D eigenvalue weighted by Crippen LogP contribution is 2.19. The minimum absolute atomic E-state index is 0.0562. The Morgan fingerprint density at radius 1 is 1.60 bits per heavy atom. The molecule has 0 bridgehead atoms. The van der Waals surface area contributed by atoms with Gasteiger partial charge in [0.2, 0.25) is 5.91 Å². The molecule has 2 heterocycles. The number of hydrogen-bond donors (Lipinski definition) is 1. The molecule has 2 rings (SSSR count). The van der Waals surface area contributed by atoms with E-state index >= 15 is 0 Å². The van der Waals surface area contributed by atoms with Crippen molar-refractivity contribution in [1.82, 2.24) is 5.32 Å². The maximum Gasteiger partial charge on any atom is 0.236 e. The van der Waals surface area contributed by atoms with Crippen molar-refractivity contribution in [3.05, 3.63) is 21.9 Å². The number of amidine groups is 1. The summed E-state index contributed by atoms with van der Waals surface area (Å²) in [5.74, 6) is 0.560. The summed E-state index contributed by atoms with van der Waals surface area (Å²) in [6.07, 6.45) is 1.04. The molecule has 0 unspecified atom stereocenters. The van der Waals surface area contributed by atoms with Crippen LogP contribution >= 0.6 is 23.1 Å². The number of rotatable bonds is 3. The highest BCUT2D eigenvalue weighted by molar-refractivity contribution is 8.15. The molecule has 0 atom stereocenters. The van der Waals surface area contributed by atoms with Crippen LogP contribution in [0.2, 0.25) is 0 Å². The van der Waals surface area contributed by atoms with Crippen molar-refractivity contribution in [1.29, 1.82) is 0 Å². The molecule has 3 nitrogen and oxygen atoms in total. The van der Waals surface area contributed by atoms with Gasteiger partial charge in [0.25, 0.3) is 0 Å². The molecule has 1 aromatic heterocycles. The average molecular weight is 240 g/mol. The summed E-state index contributed by atoms with van der Waals surface area (Å²) in [5, 5.41) is 5.58. The number of nitrogens with one attached hydrogen (secondary N) is 1. The lowest BCUT2D eigenvalue weighted by molar-refractivity contribution is -0.116. The lowest BCUT2D eigenvalue weighted by Crippen LogP contribution is -2.20. The van der Waals surface area contributed by atoms with Gasteiger partial charge in [-0.25, -0.2) is 0 Å². The molecule has 1 aliphatic rings. The zero-order valence-corrected chi connectivity index (χ0v) is 10.1. The molecular weight excluding hydrogens is 228 g/mol. The molecule has 0 aromatic carbocycles. The van der Waals surface area contributed by atoms with Gasteiger partial charge in [-0.2, -0.15) is 0 Å². The largest absolute Gasteiger partial charge is 0.305 e. The highest BCUT2D eigenvalue weighted by Gasteiger charge is 2.16. The predicted octanol–water partition coefficient (Wildman–Crippen LogP) is 2.03. The molecule has 0 aliphatic carbocycles. The third-order valence-electron chi connectivity index (χ3n) is 2.17. The van der Waals surface area contributed by atoms with Crippen LogP contribution in [0.4, 0.5) is 0 Å². The van der Waals surface area contributed by atoms with Crippen molar-refractivity contribution in [2.45, 2.75) is 19.9 Å². The van der Waals surface area contributed by atoms with Crippen molar-refractivity contribution >= 4 is 34.2 Å². The van der Waals surface area contributed by atoms with E-state index in [1.165, 1.54) is 22.2 Å². The highest BCUT2D eigenvalue weighted by atomic mass is 32.2. The number of thiophene rings is 1. The molecule has 15 heavy (non-hydrogen) atoms. The Kier molecular flexibility index (Phi) is 3.43. The number of hydrogen-bond acceptors (Lipinski definition) is 4. The topological polar surface area (TPSA) is 41.5 Å². The number of aryl methyl sites for hydroxylation is 1. The average Bonchev–Trinajstić information content (AvgIpc) is 2.83. The molecule has 1 saturated heterocycles. The Balaban J connectivity index is 2.01. The molecule has 5 heteroatoms. The Labute approximate surface area is 97.0 Å². The molecule has 1 N–H and O–H groups in total. The van der Waals surface area contributed by atoms with Crippen molar-refractivity contribution in [3.63, 3.8) is 0 Å². The summed E-state index contributed by atoms with van der Waals surface area (Å²) in [4.78, 5) is 16.6. The van der Waals surface area contributed by atoms with Crippen molar-refractivity contribution in [2.24, 2.45) is 4.99 Å². The minimum Gasteiger partial charge on any atom is -0.305 e. The van der Waals surface area contributed by atoms with Crippen molar-refractivity contribution in [3.8, 4) is 0 Å². The van der Waals surface area contributed by atoms with Gasteiger partial charge in [-0.3, -0.25) is 9.79 Å². The van der Waals surface area contributed by atoms with Crippen LogP contribution < -0.4 is 5.32 Å². The first-order valence-electron chi connectivity index (χ1n) is 4.82. The van der Waals surface area contributed by atoms with Crippen LogP contribution in [-0.2, 0) is 17.8 Å². The van der Waals surface area contributed by atoms with Crippen LogP contribution in [-0.4, -0.2) is 16.8 Å². The molecule has 1 fully saturated rings. The Morgan fingerprint density at radius 2 is 2.47 bits per heavy atom. The van der Waals surface area contributed by atoms with Gasteiger partial charge in [-0.1, -0.05) is 18.7 Å². The van der Waals surface area contributed by atoms with Crippen molar-refractivity contribution in [2.75, 3.05) is 5.75 Å². The smallest absolute Gasteiger partial charge is 0.236 e. The van der Waals surface area contributed by atoms with Gasteiger partial charge in [0, 0.05) is 4.88 Å². The predicted molar refractivity (Wildman–Crippen MR) is 65.4 cm³/mol. The van der Waals surface area contributed by atoms with Crippen LogP contribution in [0.3, 0.4) is 0 Å². The second kappa shape index (κ2) is 4.81. The van der Waals surface area contributed by atoms with E-state index in [4.69, 9.17) is 0 Å². The molecule has 80 valence electrons. The first-order chi connectivity index (χ1) is 7.29. The van der Waals surface area contributed by atoms with Crippen LogP contribution in [0.25, 0.3) is 0 Å². The molecule has 1 aromatic rings. The van der Waals surface area contributed by atoms with Gasteiger partial charge in [0.05, 0.1) is 12.3 Å². The fraction of sp³-hybridized carbons (Fsp3) is 0.400. The SMILES string of the molecule is CCc1ccsc1CN=C1NC(=O)CS1.